The fourth-order valence-electron chi connectivity index (χ4n) is 2.60. The molecule has 106 valence electrons. The Morgan fingerprint density at radius 2 is 2.11 bits per heavy atom. The van der Waals surface area contributed by atoms with Gasteiger partial charge in [0.2, 0.25) is 5.95 Å². The van der Waals surface area contributed by atoms with Gasteiger partial charge in [0.15, 0.2) is 5.82 Å². The van der Waals surface area contributed by atoms with Crippen molar-refractivity contribution in [2.75, 3.05) is 29.9 Å². The maximum absolute atomic E-state index is 6.23. The molecule has 0 atom stereocenters. The highest BCUT2D eigenvalue weighted by molar-refractivity contribution is 6.32. The molecular formula is C14H23ClN4. The molecule has 0 radical (unpaired) electrons. The first kappa shape index (κ1) is 14.4. The molecule has 1 aliphatic rings. The van der Waals surface area contributed by atoms with Gasteiger partial charge in [-0.15, -0.1) is 0 Å². The highest BCUT2D eigenvalue weighted by Gasteiger charge is 2.23. The Morgan fingerprint density at radius 3 is 2.68 bits per heavy atom. The summed E-state index contributed by atoms with van der Waals surface area (Å²) in [5.41, 5.74) is 0. The second kappa shape index (κ2) is 6.42. The molecule has 0 saturated carbocycles. The lowest BCUT2D eigenvalue weighted by atomic mass is 9.87. The SMILES string of the molecule is CCNc1ncc(Cl)c(N2CCC(C(C)C)CC2)n1. The molecule has 2 heterocycles. The van der Waals surface area contributed by atoms with Crippen molar-refractivity contribution in [2.24, 2.45) is 11.8 Å². The molecule has 5 heteroatoms. The molecule has 0 spiro atoms. The van der Waals surface area contributed by atoms with E-state index >= 15 is 0 Å². The lowest BCUT2D eigenvalue weighted by Gasteiger charge is -2.34. The van der Waals surface area contributed by atoms with E-state index in [1.807, 2.05) is 6.92 Å². The number of aromatic nitrogens is 2. The summed E-state index contributed by atoms with van der Waals surface area (Å²) in [7, 11) is 0. The van der Waals surface area contributed by atoms with Crippen molar-refractivity contribution in [3.8, 4) is 0 Å². The van der Waals surface area contributed by atoms with Gasteiger partial charge in [0.05, 0.1) is 6.20 Å². The lowest BCUT2D eigenvalue weighted by Crippen LogP contribution is -2.36. The predicted molar refractivity (Wildman–Crippen MR) is 81.0 cm³/mol. The van der Waals surface area contributed by atoms with Crippen molar-refractivity contribution >= 4 is 23.4 Å². The fraction of sp³-hybridized carbons (Fsp3) is 0.714. The molecule has 0 unspecified atom stereocenters. The minimum Gasteiger partial charge on any atom is -0.355 e. The maximum atomic E-state index is 6.23. The number of hydrogen-bond acceptors (Lipinski definition) is 4. The summed E-state index contributed by atoms with van der Waals surface area (Å²) >= 11 is 6.23. The molecule has 1 aliphatic heterocycles. The number of hydrogen-bond donors (Lipinski definition) is 1. The van der Waals surface area contributed by atoms with Crippen LogP contribution >= 0.6 is 11.6 Å². The zero-order chi connectivity index (χ0) is 13.8. The molecule has 0 aliphatic carbocycles. The van der Waals surface area contributed by atoms with Gasteiger partial charge in [-0.2, -0.15) is 4.98 Å². The Kier molecular flexibility index (Phi) is 4.86. The van der Waals surface area contributed by atoms with E-state index < -0.39 is 0 Å². The molecule has 0 aromatic carbocycles. The van der Waals surface area contributed by atoms with E-state index in [0.29, 0.717) is 11.0 Å². The topological polar surface area (TPSA) is 41.1 Å². The van der Waals surface area contributed by atoms with Crippen LogP contribution in [0.15, 0.2) is 6.20 Å². The number of nitrogens with zero attached hydrogens (tertiary/aromatic N) is 3. The van der Waals surface area contributed by atoms with Gasteiger partial charge in [0, 0.05) is 19.6 Å². The highest BCUT2D eigenvalue weighted by atomic mass is 35.5. The van der Waals surface area contributed by atoms with E-state index in [4.69, 9.17) is 11.6 Å². The monoisotopic (exact) mass is 282 g/mol. The minimum absolute atomic E-state index is 0.643. The molecular weight excluding hydrogens is 260 g/mol. The Morgan fingerprint density at radius 1 is 1.42 bits per heavy atom. The van der Waals surface area contributed by atoms with Crippen LogP contribution in [0.2, 0.25) is 5.02 Å². The van der Waals surface area contributed by atoms with Crippen molar-refractivity contribution < 1.29 is 0 Å². The summed E-state index contributed by atoms with van der Waals surface area (Å²) in [4.78, 5) is 11.0. The number of nitrogens with one attached hydrogen (secondary N) is 1. The summed E-state index contributed by atoms with van der Waals surface area (Å²) in [6.07, 6.45) is 4.12. The van der Waals surface area contributed by atoms with E-state index in [9.17, 15) is 0 Å². The van der Waals surface area contributed by atoms with E-state index in [2.05, 4.69) is 34.0 Å². The van der Waals surface area contributed by atoms with E-state index in [1.165, 1.54) is 12.8 Å². The van der Waals surface area contributed by atoms with Gasteiger partial charge in [0.25, 0.3) is 0 Å². The van der Waals surface area contributed by atoms with Crippen molar-refractivity contribution in [1.82, 2.24) is 9.97 Å². The molecule has 0 bridgehead atoms. The van der Waals surface area contributed by atoms with Crippen molar-refractivity contribution in [3.05, 3.63) is 11.2 Å². The van der Waals surface area contributed by atoms with E-state index in [-0.39, 0.29) is 0 Å². The summed E-state index contributed by atoms with van der Waals surface area (Å²) in [5, 5.41) is 3.78. The third kappa shape index (κ3) is 3.50. The zero-order valence-electron chi connectivity index (χ0n) is 12.0. The highest BCUT2D eigenvalue weighted by Crippen LogP contribution is 2.30. The van der Waals surface area contributed by atoms with Crippen molar-refractivity contribution in [2.45, 2.75) is 33.6 Å². The largest absolute Gasteiger partial charge is 0.355 e. The summed E-state index contributed by atoms with van der Waals surface area (Å²) in [5.74, 6) is 3.12. The van der Waals surface area contributed by atoms with Crippen LogP contribution in [0, 0.1) is 11.8 Å². The van der Waals surface area contributed by atoms with Crippen LogP contribution in [0.1, 0.15) is 33.6 Å². The first-order valence-corrected chi connectivity index (χ1v) is 7.51. The summed E-state index contributed by atoms with van der Waals surface area (Å²) in [6, 6.07) is 0. The maximum Gasteiger partial charge on any atom is 0.224 e. The normalized spacial score (nSPS) is 17.0. The van der Waals surface area contributed by atoms with Crippen LogP contribution in [0.25, 0.3) is 0 Å². The smallest absolute Gasteiger partial charge is 0.224 e. The van der Waals surface area contributed by atoms with Crippen LogP contribution in [-0.2, 0) is 0 Å². The number of piperidine rings is 1. The van der Waals surface area contributed by atoms with Crippen molar-refractivity contribution in [1.29, 1.82) is 0 Å². The van der Waals surface area contributed by atoms with Gasteiger partial charge >= 0.3 is 0 Å². The van der Waals surface area contributed by atoms with Crippen LogP contribution in [0.4, 0.5) is 11.8 Å². The number of rotatable bonds is 4. The molecule has 1 aromatic rings. The molecule has 0 amide bonds. The Bertz CT molecular complexity index is 414. The summed E-state index contributed by atoms with van der Waals surface area (Å²) in [6.45, 7) is 9.53. The first-order chi connectivity index (χ1) is 9.11. The molecule has 19 heavy (non-hydrogen) atoms. The molecule has 1 saturated heterocycles. The lowest BCUT2D eigenvalue weighted by molar-refractivity contribution is 0.310. The number of halogens is 1. The van der Waals surface area contributed by atoms with Crippen LogP contribution in [-0.4, -0.2) is 29.6 Å². The molecule has 1 fully saturated rings. The van der Waals surface area contributed by atoms with Gasteiger partial charge < -0.3 is 10.2 Å². The Hall–Kier alpha value is -1.03. The van der Waals surface area contributed by atoms with Gasteiger partial charge in [0.1, 0.15) is 5.02 Å². The standard InChI is InChI=1S/C14H23ClN4/c1-4-16-14-17-9-12(15)13(18-14)19-7-5-11(6-8-19)10(2)3/h9-11H,4-8H2,1-3H3,(H,16,17,18). The molecule has 4 nitrogen and oxygen atoms in total. The molecule has 1 aromatic heterocycles. The predicted octanol–water partition coefficient (Wildman–Crippen LogP) is 3.43. The Balaban J connectivity index is 2.08. The van der Waals surface area contributed by atoms with Gasteiger partial charge in [-0.1, -0.05) is 25.4 Å². The van der Waals surface area contributed by atoms with Gasteiger partial charge in [-0.3, -0.25) is 0 Å². The van der Waals surface area contributed by atoms with Crippen LogP contribution < -0.4 is 10.2 Å². The van der Waals surface area contributed by atoms with Crippen molar-refractivity contribution in [3.63, 3.8) is 0 Å². The van der Waals surface area contributed by atoms with Crippen LogP contribution in [0.5, 0.6) is 0 Å². The zero-order valence-corrected chi connectivity index (χ0v) is 12.7. The van der Waals surface area contributed by atoms with Gasteiger partial charge in [-0.25, -0.2) is 4.98 Å². The second-order valence-corrected chi connectivity index (χ2v) is 5.87. The average Bonchev–Trinajstić information content (AvgIpc) is 2.41. The van der Waals surface area contributed by atoms with Gasteiger partial charge in [-0.05, 0) is 31.6 Å². The fourth-order valence-corrected chi connectivity index (χ4v) is 2.81. The quantitative estimate of drug-likeness (QED) is 0.918. The third-order valence-electron chi connectivity index (χ3n) is 3.84. The van der Waals surface area contributed by atoms with E-state index in [1.54, 1.807) is 6.20 Å². The van der Waals surface area contributed by atoms with Crippen LogP contribution in [0.3, 0.4) is 0 Å². The molecule has 2 rings (SSSR count). The third-order valence-corrected chi connectivity index (χ3v) is 4.11. The van der Waals surface area contributed by atoms with E-state index in [0.717, 1.165) is 37.3 Å². The first-order valence-electron chi connectivity index (χ1n) is 7.13. The second-order valence-electron chi connectivity index (χ2n) is 5.46. The molecule has 1 N–H and O–H groups in total. The minimum atomic E-state index is 0.643. The summed E-state index contributed by atoms with van der Waals surface area (Å²) < 4.78 is 0. The Labute approximate surface area is 120 Å². The average molecular weight is 283 g/mol. The number of anilines is 2.